The summed E-state index contributed by atoms with van der Waals surface area (Å²) in [5.74, 6) is 0. The van der Waals surface area contributed by atoms with Crippen LogP contribution in [0.5, 0.6) is 0 Å². The van der Waals surface area contributed by atoms with E-state index >= 15 is 0 Å². The Morgan fingerprint density at radius 1 is 0.793 bits per heavy atom. The Morgan fingerprint density at radius 3 is 2.28 bits per heavy atom. The smallest absolute Gasteiger partial charge is 0.0846 e. The van der Waals surface area contributed by atoms with E-state index < -0.39 is 5.60 Å². The first-order valence-corrected chi connectivity index (χ1v) is 11.1. The van der Waals surface area contributed by atoms with Gasteiger partial charge >= 0.3 is 0 Å². The monoisotopic (exact) mass is 402 g/mol. The topological polar surface area (TPSA) is 20.2 Å². The molecule has 1 N–H and O–H groups in total. The summed E-state index contributed by atoms with van der Waals surface area (Å²) in [4.78, 5) is 0. The van der Waals surface area contributed by atoms with Crippen LogP contribution in [0.2, 0.25) is 5.02 Å². The Balaban J connectivity index is 1.74. The van der Waals surface area contributed by atoms with Gasteiger partial charge in [-0.1, -0.05) is 73.3 Å². The Bertz CT molecular complexity index is 1080. The number of rotatable bonds is 2. The summed E-state index contributed by atoms with van der Waals surface area (Å²) in [7, 11) is 0. The summed E-state index contributed by atoms with van der Waals surface area (Å²) in [6.45, 7) is 3.68. The first-order valence-electron chi connectivity index (χ1n) is 10.7. The molecule has 0 bridgehead atoms. The Labute approximate surface area is 178 Å². The zero-order valence-electron chi connectivity index (χ0n) is 17.1. The van der Waals surface area contributed by atoms with Gasteiger partial charge in [0.2, 0.25) is 0 Å². The van der Waals surface area contributed by atoms with E-state index in [1.807, 2.05) is 32.0 Å². The van der Waals surface area contributed by atoms with Crippen molar-refractivity contribution in [2.24, 2.45) is 0 Å². The first kappa shape index (κ1) is 18.9. The van der Waals surface area contributed by atoms with Crippen molar-refractivity contribution in [3.8, 4) is 22.3 Å². The maximum absolute atomic E-state index is 10.8. The summed E-state index contributed by atoms with van der Waals surface area (Å²) in [6.07, 6.45) is 6.33. The van der Waals surface area contributed by atoms with Crippen LogP contribution in [0.15, 0.2) is 60.7 Å². The van der Waals surface area contributed by atoms with Gasteiger partial charge in [-0.2, -0.15) is 0 Å². The summed E-state index contributed by atoms with van der Waals surface area (Å²) in [5.41, 5.74) is 8.00. The molecule has 0 amide bonds. The molecule has 2 aliphatic rings. The fourth-order valence-electron chi connectivity index (χ4n) is 5.61. The molecule has 2 heteroatoms. The standard InChI is InChI=1S/C27H27ClO/c1-26(2,29)23-13-11-19(28)17-22(23)18-10-12-21-20-8-4-5-9-24(20)27(25(21)16-18)14-6-3-7-15-27/h4-5,8-13,16-17,29H,3,6-7,14-15H2,1-2H3. The molecule has 0 aromatic heterocycles. The van der Waals surface area contributed by atoms with Crippen molar-refractivity contribution < 1.29 is 5.11 Å². The minimum Gasteiger partial charge on any atom is -0.386 e. The van der Waals surface area contributed by atoms with E-state index in [0.29, 0.717) is 5.02 Å². The highest BCUT2D eigenvalue weighted by Crippen LogP contribution is 2.56. The minimum atomic E-state index is -0.926. The first-order chi connectivity index (χ1) is 13.9. The largest absolute Gasteiger partial charge is 0.386 e. The quantitative estimate of drug-likeness (QED) is 0.471. The molecule has 29 heavy (non-hydrogen) atoms. The van der Waals surface area contributed by atoms with Crippen LogP contribution in [0, 0.1) is 0 Å². The van der Waals surface area contributed by atoms with Crippen LogP contribution in [0.3, 0.4) is 0 Å². The highest BCUT2D eigenvalue weighted by atomic mass is 35.5. The van der Waals surface area contributed by atoms with Gasteiger partial charge in [0.15, 0.2) is 0 Å². The molecule has 1 fully saturated rings. The molecule has 0 heterocycles. The molecule has 148 valence electrons. The summed E-state index contributed by atoms with van der Waals surface area (Å²) in [5, 5.41) is 11.5. The predicted molar refractivity (Wildman–Crippen MR) is 121 cm³/mol. The van der Waals surface area contributed by atoms with Crippen LogP contribution in [0.4, 0.5) is 0 Å². The number of hydrogen-bond acceptors (Lipinski definition) is 1. The van der Waals surface area contributed by atoms with E-state index in [2.05, 4.69) is 42.5 Å². The van der Waals surface area contributed by atoms with Gasteiger partial charge in [0.05, 0.1) is 5.60 Å². The molecule has 5 rings (SSSR count). The average Bonchev–Trinajstić information content (AvgIpc) is 2.97. The van der Waals surface area contributed by atoms with Gasteiger partial charge in [-0.25, -0.2) is 0 Å². The molecule has 1 saturated carbocycles. The molecule has 1 nitrogen and oxygen atoms in total. The van der Waals surface area contributed by atoms with Gasteiger partial charge in [-0.15, -0.1) is 0 Å². The molecule has 3 aromatic carbocycles. The van der Waals surface area contributed by atoms with Crippen LogP contribution in [-0.4, -0.2) is 5.11 Å². The molecular weight excluding hydrogens is 376 g/mol. The third kappa shape index (κ3) is 2.95. The fraction of sp³-hybridized carbons (Fsp3) is 0.333. The van der Waals surface area contributed by atoms with Crippen molar-refractivity contribution in [1.82, 2.24) is 0 Å². The lowest BCUT2D eigenvalue weighted by Crippen LogP contribution is -2.28. The highest BCUT2D eigenvalue weighted by molar-refractivity contribution is 6.30. The Morgan fingerprint density at radius 2 is 1.52 bits per heavy atom. The SMILES string of the molecule is CC(C)(O)c1ccc(Cl)cc1-c1ccc2c(c1)C1(CCCCC1)c1ccccc1-2. The predicted octanol–water partition coefficient (Wildman–Crippen LogP) is 7.47. The second-order valence-electron chi connectivity index (χ2n) is 9.20. The van der Waals surface area contributed by atoms with Crippen molar-refractivity contribution in [3.05, 3.63) is 82.4 Å². The second-order valence-corrected chi connectivity index (χ2v) is 9.63. The number of aliphatic hydroxyl groups is 1. The third-order valence-corrected chi connectivity index (χ3v) is 7.16. The maximum Gasteiger partial charge on any atom is 0.0846 e. The molecule has 0 saturated heterocycles. The molecule has 0 radical (unpaired) electrons. The number of hydrogen-bond donors (Lipinski definition) is 1. The molecule has 0 unspecified atom stereocenters. The van der Waals surface area contributed by atoms with Crippen LogP contribution in [-0.2, 0) is 11.0 Å². The van der Waals surface area contributed by atoms with E-state index in [9.17, 15) is 5.11 Å². The lowest BCUT2D eigenvalue weighted by atomic mass is 9.67. The third-order valence-electron chi connectivity index (χ3n) is 6.93. The second kappa shape index (κ2) is 6.72. The number of halogens is 1. The van der Waals surface area contributed by atoms with Gasteiger partial charge in [0.25, 0.3) is 0 Å². The van der Waals surface area contributed by atoms with Crippen molar-refractivity contribution in [3.63, 3.8) is 0 Å². The van der Waals surface area contributed by atoms with Crippen LogP contribution in [0.1, 0.15) is 62.6 Å². The van der Waals surface area contributed by atoms with Crippen molar-refractivity contribution in [2.45, 2.75) is 57.0 Å². The van der Waals surface area contributed by atoms with Crippen molar-refractivity contribution in [1.29, 1.82) is 0 Å². The van der Waals surface area contributed by atoms with Gasteiger partial charge in [-0.05, 0) is 83.8 Å². The van der Waals surface area contributed by atoms with Crippen molar-refractivity contribution in [2.75, 3.05) is 0 Å². The molecule has 1 spiro atoms. The van der Waals surface area contributed by atoms with Crippen LogP contribution < -0.4 is 0 Å². The summed E-state index contributed by atoms with van der Waals surface area (Å²) < 4.78 is 0. The molecule has 3 aromatic rings. The van der Waals surface area contributed by atoms with Crippen LogP contribution in [0.25, 0.3) is 22.3 Å². The van der Waals surface area contributed by atoms with Crippen LogP contribution >= 0.6 is 11.6 Å². The van der Waals surface area contributed by atoms with Crippen molar-refractivity contribution >= 4 is 11.6 Å². The molecule has 2 aliphatic carbocycles. The normalized spacial score (nSPS) is 17.2. The molecule has 0 aliphatic heterocycles. The van der Waals surface area contributed by atoms with E-state index in [4.69, 9.17) is 11.6 Å². The van der Waals surface area contributed by atoms with Gasteiger partial charge < -0.3 is 5.11 Å². The Hall–Kier alpha value is -2.09. The highest BCUT2D eigenvalue weighted by Gasteiger charge is 2.43. The maximum atomic E-state index is 10.8. The number of fused-ring (bicyclic) bond motifs is 5. The van der Waals surface area contributed by atoms with E-state index in [1.165, 1.54) is 54.4 Å². The van der Waals surface area contributed by atoms with Gasteiger partial charge in [0, 0.05) is 10.4 Å². The van der Waals surface area contributed by atoms with E-state index in [-0.39, 0.29) is 5.41 Å². The molecular formula is C27H27ClO. The minimum absolute atomic E-state index is 0.133. The lowest BCUT2D eigenvalue weighted by molar-refractivity contribution is 0.0792. The molecule has 0 atom stereocenters. The summed E-state index contributed by atoms with van der Waals surface area (Å²) in [6, 6.07) is 21.6. The van der Waals surface area contributed by atoms with Gasteiger partial charge in [0.1, 0.15) is 0 Å². The Kier molecular flexibility index (Phi) is 4.38. The fourth-order valence-corrected chi connectivity index (χ4v) is 5.78. The number of benzene rings is 3. The zero-order valence-corrected chi connectivity index (χ0v) is 17.9. The van der Waals surface area contributed by atoms with Gasteiger partial charge in [-0.3, -0.25) is 0 Å². The zero-order chi connectivity index (χ0) is 20.2. The summed E-state index contributed by atoms with van der Waals surface area (Å²) >= 11 is 6.37. The lowest BCUT2D eigenvalue weighted by Gasteiger charge is -2.36. The average molecular weight is 403 g/mol. The van der Waals surface area contributed by atoms with E-state index in [1.54, 1.807) is 0 Å². The van der Waals surface area contributed by atoms with E-state index in [0.717, 1.165) is 16.7 Å².